The summed E-state index contributed by atoms with van der Waals surface area (Å²) in [7, 11) is 0. The minimum Gasteiger partial charge on any atom is -0.479 e. The van der Waals surface area contributed by atoms with Gasteiger partial charge in [-0.15, -0.1) is 0 Å². The average Bonchev–Trinajstić information content (AvgIpc) is 3.53. The van der Waals surface area contributed by atoms with E-state index >= 15 is 0 Å². The van der Waals surface area contributed by atoms with Crippen LogP contribution in [-0.4, -0.2) is 57.2 Å². The van der Waals surface area contributed by atoms with Gasteiger partial charge in [-0.2, -0.15) is 0 Å². The van der Waals surface area contributed by atoms with E-state index in [9.17, 15) is 14.7 Å². The number of rotatable bonds is 6. The number of carbonyl (C=O) groups is 2. The van der Waals surface area contributed by atoms with E-state index in [-0.39, 0.29) is 18.7 Å². The molecule has 1 amide bonds. The molecule has 1 aromatic carbocycles. The van der Waals surface area contributed by atoms with Crippen molar-refractivity contribution in [2.75, 3.05) is 6.54 Å². The molecule has 2 saturated carbocycles. The maximum Gasteiger partial charge on any atom is 0.411 e. The Morgan fingerprint density at radius 2 is 1.92 bits per heavy atom. The first-order chi connectivity index (χ1) is 12.5. The van der Waals surface area contributed by atoms with Crippen LogP contribution in [0.4, 0.5) is 4.79 Å². The molecule has 3 fully saturated rings. The number of benzene rings is 1. The van der Waals surface area contributed by atoms with Crippen molar-refractivity contribution in [1.29, 1.82) is 0 Å². The number of hydrogen-bond donors (Lipinski definition) is 1. The van der Waals surface area contributed by atoms with Crippen LogP contribution in [0.15, 0.2) is 30.3 Å². The Balaban J connectivity index is 1.53. The molecule has 2 unspecified atom stereocenters. The second-order valence-corrected chi connectivity index (χ2v) is 7.93. The average molecular weight is 358 g/mol. The van der Waals surface area contributed by atoms with Crippen molar-refractivity contribution in [3.63, 3.8) is 0 Å². The largest absolute Gasteiger partial charge is 0.479 e. The highest BCUT2D eigenvalue weighted by molar-refractivity contribution is 5.86. The summed E-state index contributed by atoms with van der Waals surface area (Å²) in [6.07, 6.45) is 3.93. The lowest BCUT2D eigenvalue weighted by molar-refractivity contribution is -0.150. The molecule has 0 bridgehead atoms. The van der Waals surface area contributed by atoms with Gasteiger partial charge in [0.1, 0.15) is 6.61 Å². The number of amides is 1. The third-order valence-electron chi connectivity index (χ3n) is 5.83. The Kier molecular flexibility index (Phi) is 4.39. The number of likely N-dealkylation sites (tertiary alicyclic amines) is 1. The number of carboxylic acid groups (broad SMARTS) is 1. The standard InChI is InChI=1S/C20H26N2O4/c1-14-11-20(18(23)24,13-21(14)16-7-8-16)22(17-9-10-17)19(25)26-12-15-5-3-2-4-6-15/h2-6,14,16-17H,7-13H2,1H3,(H,23,24). The van der Waals surface area contributed by atoms with E-state index in [4.69, 9.17) is 4.74 Å². The molecule has 1 heterocycles. The van der Waals surface area contributed by atoms with Crippen LogP contribution in [0.3, 0.4) is 0 Å². The summed E-state index contributed by atoms with van der Waals surface area (Å²) in [4.78, 5) is 29.1. The summed E-state index contributed by atoms with van der Waals surface area (Å²) in [5, 5.41) is 10.1. The van der Waals surface area contributed by atoms with Crippen LogP contribution in [0.5, 0.6) is 0 Å². The van der Waals surface area contributed by atoms with E-state index in [0.29, 0.717) is 19.0 Å². The van der Waals surface area contributed by atoms with Gasteiger partial charge in [-0.3, -0.25) is 9.80 Å². The molecule has 1 saturated heterocycles. The first kappa shape index (κ1) is 17.3. The zero-order chi connectivity index (χ0) is 18.3. The van der Waals surface area contributed by atoms with Gasteiger partial charge in [0, 0.05) is 24.7 Å². The summed E-state index contributed by atoms with van der Waals surface area (Å²) in [5.41, 5.74) is -0.267. The fraction of sp³-hybridized carbons (Fsp3) is 0.600. The summed E-state index contributed by atoms with van der Waals surface area (Å²) in [6.45, 7) is 2.65. The molecule has 2 aliphatic carbocycles. The van der Waals surface area contributed by atoms with Gasteiger partial charge < -0.3 is 9.84 Å². The van der Waals surface area contributed by atoms with Crippen LogP contribution in [0.25, 0.3) is 0 Å². The van der Waals surface area contributed by atoms with E-state index in [1.165, 1.54) is 0 Å². The van der Waals surface area contributed by atoms with Gasteiger partial charge in [-0.1, -0.05) is 30.3 Å². The van der Waals surface area contributed by atoms with Crippen molar-refractivity contribution < 1.29 is 19.4 Å². The van der Waals surface area contributed by atoms with Gasteiger partial charge in [-0.25, -0.2) is 9.59 Å². The Labute approximate surface area is 153 Å². The number of aliphatic carboxylic acids is 1. The SMILES string of the molecule is CC1CC(C(=O)O)(N(C(=O)OCc2ccccc2)C2CC2)CN1C1CC1. The molecule has 6 nitrogen and oxygen atoms in total. The van der Waals surface area contributed by atoms with Crippen molar-refractivity contribution in [2.45, 2.75) is 69.3 Å². The van der Waals surface area contributed by atoms with E-state index < -0.39 is 17.6 Å². The summed E-state index contributed by atoms with van der Waals surface area (Å²) in [5.74, 6) is -0.906. The smallest absolute Gasteiger partial charge is 0.411 e. The second-order valence-electron chi connectivity index (χ2n) is 7.93. The van der Waals surface area contributed by atoms with Crippen molar-refractivity contribution in [3.8, 4) is 0 Å². The quantitative estimate of drug-likeness (QED) is 0.847. The number of nitrogens with zero attached hydrogens (tertiary/aromatic N) is 2. The maximum absolute atomic E-state index is 12.9. The molecular weight excluding hydrogens is 332 g/mol. The zero-order valence-electron chi connectivity index (χ0n) is 15.1. The molecule has 0 radical (unpaired) electrons. The Morgan fingerprint density at radius 1 is 1.23 bits per heavy atom. The van der Waals surface area contributed by atoms with Crippen LogP contribution >= 0.6 is 0 Å². The molecular formula is C20H26N2O4. The second kappa shape index (κ2) is 6.58. The van der Waals surface area contributed by atoms with Gasteiger partial charge in [0.15, 0.2) is 5.54 Å². The Morgan fingerprint density at radius 3 is 2.50 bits per heavy atom. The first-order valence-corrected chi connectivity index (χ1v) is 9.50. The van der Waals surface area contributed by atoms with Crippen LogP contribution in [-0.2, 0) is 16.1 Å². The van der Waals surface area contributed by atoms with Crippen molar-refractivity contribution in [3.05, 3.63) is 35.9 Å². The fourth-order valence-electron chi connectivity index (χ4n) is 4.25. The lowest BCUT2D eigenvalue weighted by atomic mass is 9.94. The molecule has 0 spiro atoms. The molecule has 6 heteroatoms. The van der Waals surface area contributed by atoms with Gasteiger partial charge in [-0.05, 0) is 44.6 Å². The van der Waals surface area contributed by atoms with Crippen molar-refractivity contribution in [1.82, 2.24) is 9.80 Å². The predicted octanol–water partition coefficient (Wildman–Crippen LogP) is 2.87. The predicted molar refractivity (Wildman–Crippen MR) is 95.7 cm³/mol. The molecule has 4 rings (SSSR count). The minimum absolute atomic E-state index is 0.0132. The van der Waals surface area contributed by atoms with Crippen LogP contribution < -0.4 is 0 Å². The highest BCUT2D eigenvalue weighted by Gasteiger charge is 2.59. The zero-order valence-corrected chi connectivity index (χ0v) is 15.1. The molecule has 1 N–H and O–H groups in total. The summed E-state index contributed by atoms with van der Waals surface area (Å²) >= 11 is 0. The van der Waals surface area contributed by atoms with Gasteiger partial charge >= 0.3 is 12.1 Å². The number of carbonyl (C=O) groups excluding carboxylic acids is 1. The first-order valence-electron chi connectivity index (χ1n) is 9.50. The lowest BCUT2D eigenvalue weighted by Gasteiger charge is -2.37. The molecule has 0 aromatic heterocycles. The number of ether oxygens (including phenoxy) is 1. The van der Waals surface area contributed by atoms with E-state index in [2.05, 4.69) is 11.8 Å². The van der Waals surface area contributed by atoms with Crippen molar-refractivity contribution in [2.24, 2.45) is 0 Å². The molecule has 140 valence electrons. The normalized spacial score (nSPS) is 28.7. The third-order valence-corrected chi connectivity index (χ3v) is 5.83. The maximum atomic E-state index is 12.9. The van der Waals surface area contributed by atoms with Gasteiger partial charge in [0.05, 0.1) is 0 Å². The number of carboxylic acids is 1. The van der Waals surface area contributed by atoms with Gasteiger partial charge in [0.2, 0.25) is 0 Å². The van der Waals surface area contributed by atoms with E-state index in [1.54, 1.807) is 4.90 Å². The Hall–Kier alpha value is -2.08. The Bertz CT molecular complexity index is 686. The third kappa shape index (κ3) is 3.18. The lowest BCUT2D eigenvalue weighted by Crippen LogP contribution is -2.59. The molecule has 3 aliphatic rings. The van der Waals surface area contributed by atoms with Crippen LogP contribution in [0.1, 0.15) is 44.6 Å². The number of hydrogen-bond acceptors (Lipinski definition) is 4. The van der Waals surface area contributed by atoms with E-state index in [1.807, 2.05) is 30.3 Å². The summed E-state index contributed by atoms with van der Waals surface area (Å²) < 4.78 is 5.53. The molecule has 2 atom stereocenters. The molecule has 26 heavy (non-hydrogen) atoms. The molecule has 1 aromatic rings. The van der Waals surface area contributed by atoms with Crippen LogP contribution in [0, 0.1) is 0 Å². The monoisotopic (exact) mass is 358 g/mol. The minimum atomic E-state index is -1.17. The topological polar surface area (TPSA) is 70.1 Å². The van der Waals surface area contributed by atoms with E-state index in [0.717, 1.165) is 31.2 Å². The highest BCUT2D eigenvalue weighted by Crippen LogP contribution is 2.44. The van der Waals surface area contributed by atoms with Crippen molar-refractivity contribution >= 4 is 12.1 Å². The molecule has 1 aliphatic heterocycles. The van der Waals surface area contributed by atoms with Gasteiger partial charge in [0.25, 0.3) is 0 Å². The summed E-state index contributed by atoms with van der Waals surface area (Å²) in [6, 6.07) is 10.1. The highest BCUT2D eigenvalue weighted by atomic mass is 16.6. The van der Waals surface area contributed by atoms with Crippen LogP contribution in [0.2, 0.25) is 0 Å². The fourth-order valence-corrected chi connectivity index (χ4v) is 4.25.